The van der Waals surface area contributed by atoms with Crippen molar-refractivity contribution in [2.45, 2.75) is 13.0 Å². The summed E-state index contributed by atoms with van der Waals surface area (Å²) in [6, 6.07) is 11.6. The summed E-state index contributed by atoms with van der Waals surface area (Å²) in [7, 11) is 0. The van der Waals surface area contributed by atoms with Gasteiger partial charge in [-0.25, -0.2) is 0 Å². The van der Waals surface area contributed by atoms with Gasteiger partial charge >= 0.3 is 5.97 Å². The van der Waals surface area contributed by atoms with Crippen molar-refractivity contribution >= 4 is 5.97 Å². The number of nitrogens with zero attached hydrogens (tertiary/aromatic N) is 1. The zero-order valence-electron chi connectivity index (χ0n) is 8.22. The fourth-order valence-corrected chi connectivity index (χ4v) is 1.43. The van der Waals surface area contributed by atoms with Gasteiger partial charge in [-0.1, -0.05) is 30.3 Å². The van der Waals surface area contributed by atoms with Crippen LogP contribution in [0.4, 0.5) is 0 Å². The van der Waals surface area contributed by atoms with Crippen molar-refractivity contribution in [3.8, 4) is 6.07 Å². The van der Waals surface area contributed by atoms with Crippen LogP contribution in [0.1, 0.15) is 12.0 Å². The Labute approximate surface area is 88.3 Å². The molecule has 2 unspecified atom stereocenters. The first-order valence-electron chi connectivity index (χ1n) is 4.91. The fourth-order valence-electron chi connectivity index (χ4n) is 1.43. The number of nitriles is 1. The lowest BCUT2D eigenvalue weighted by molar-refractivity contribution is -0.146. The first kappa shape index (κ1) is 9.72. The van der Waals surface area contributed by atoms with Gasteiger partial charge in [0.15, 0.2) is 0 Å². The van der Waals surface area contributed by atoms with Gasteiger partial charge in [0.2, 0.25) is 0 Å². The van der Waals surface area contributed by atoms with E-state index < -0.39 is 0 Å². The van der Waals surface area contributed by atoms with E-state index in [1.165, 1.54) is 0 Å². The van der Waals surface area contributed by atoms with E-state index in [0.29, 0.717) is 13.0 Å². The SMILES string of the molecule is N#CC1CC1C(=O)OCc1ccccc1. The smallest absolute Gasteiger partial charge is 0.310 e. The molecule has 1 fully saturated rings. The number of carbonyl (C=O) groups is 1. The van der Waals surface area contributed by atoms with Gasteiger partial charge in [0.05, 0.1) is 17.9 Å². The third-order valence-corrected chi connectivity index (χ3v) is 2.48. The lowest BCUT2D eigenvalue weighted by Crippen LogP contribution is -2.07. The molecule has 1 aliphatic rings. The minimum Gasteiger partial charge on any atom is -0.461 e. The van der Waals surface area contributed by atoms with Crippen molar-refractivity contribution in [3.63, 3.8) is 0 Å². The van der Waals surface area contributed by atoms with Gasteiger partial charge in [-0.3, -0.25) is 4.79 Å². The summed E-state index contributed by atoms with van der Waals surface area (Å²) < 4.78 is 5.09. The van der Waals surface area contributed by atoms with E-state index in [1.54, 1.807) is 0 Å². The third-order valence-electron chi connectivity index (χ3n) is 2.48. The predicted molar refractivity (Wildman–Crippen MR) is 53.4 cm³/mol. The summed E-state index contributed by atoms with van der Waals surface area (Å²) in [4.78, 5) is 11.4. The Morgan fingerprint density at radius 3 is 2.80 bits per heavy atom. The molecule has 3 nitrogen and oxygen atoms in total. The van der Waals surface area contributed by atoms with E-state index in [9.17, 15) is 4.79 Å². The zero-order valence-corrected chi connectivity index (χ0v) is 8.22. The first-order valence-corrected chi connectivity index (χ1v) is 4.91. The highest BCUT2D eigenvalue weighted by molar-refractivity contribution is 5.76. The molecule has 1 aromatic rings. The van der Waals surface area contributed by atoms with Crippen LogP contribution in [0.25, 0.3) is 0 Å². The Morgan fingerprint density at radius 1 is 1.47 bits per heavy atom. The van der Waals surface area contributed by atoms with Gasteiger partial charge in [-0.15, -0.1) is 0 Å². The monoisotopic (exact) mass is 201 g/mol. The molecule has 0 aromatic heterocycles. The van der Waals surface area contributed by atoms with Crippen LogP contribution in [-0.2, 0) is 16.1 Å². The molecule has 76 valence electrons. The molecule has 1 aromatic carbocycles. The molecule has 0 amide bonds. The summed E-state index contributed by atoms with van der Waals surface area (Å²) in [6.07, 6.45) is 0.657. The van der Waals surface area contributed by atoms with Crippen molar-refractivity contribution in [1.29, 1.82) is 5.26 Å². The molecule has 0 saturated heterocycles. The summed E-state index contributed by atoms with van der Waals surface area (Å²) in [5, 5.41) is 8.55. The maximum absolute atomic E-state index is 11.4. The number of ether oxygens (including phenoxy) is 1. The molecule has 0 aliphatic heterocycles. The number of esters is 1. The Bertz CT molecular complexity index is 394. The molecular weight excluding hydrogens is 190 g/mol. The van der Waals surface area contributed by atoms with Crippen LogP contribution in [0.2, 0.25) is 0 Å². The molecule has 2 atom stereocenters. The number of carbonyl (C=O) groups excluding carboxylic acids is 1. The largest absolute Gasteiger partial charge is 0.461 e. The lowest BCUT2D eigenvalue weighted by Gasteiger charge is -2.03. The zero-order chi connectivity index (χ0) is 10.7. The van der Waals surface area contributed by atoms with Gasteiger partial charge in [0.25, 0.3) is 0 Å². The minimum atomic E-state index is -0.245. The van der Waals surface area contributed by atoms with Crippen LogP contribution in [0.5, 0.6) is 0 Å². The summed E-state index contributed by atoms with van der Waals surface area (Å²) >= 11 is 0. The molecular formula is C12H11NO2. The summed E-state index contributed by atoms with van der Waals surface area (Å²) in [5.41, 5.74) is 0.972. The first-order chi connectivity index (χ1) is 7.31. The van der Waals surface area contributed by atoms with Gasteiger partial charge in [0.1, 0.15) is 6.61 Å². The highest BCUT2D eigenvalue weighted by Crippen LogP contribution is 2.38. The predicted octanol–water partition coefficient (Wildman–Crippen LogP) is 1.89. The minimum absolute atomic E-state index is 0.117. The summed E-state index contributed by atoms with van der Waals surface area (Å²) in [5.74, 6) is -0.544. The van der Waals surface area contributed by atoms with E-state index in [1.807, 2.05) is 30.3 Å². The molecule has 0 spiro atoms. The Hall–Kier alpha value is -1.82. The van der Waals surface area contributed by atoms with Crippen molar-refractivity contribution in [2.75, 3.05) is 0 Å². The highest BCUT2D eigenvalue weighted by Gasteiger charge is 2.44. The second-order valence-corrected chi connectivity index (χ2v) is 3.67. The highest BCUT2D eigenvalue weighted by atomic mass is 16.5. The van der Waals surface area contributed by atoms with Gasteiger partial charge in [-0.2, -0.15) is 5.26 Å². The van der Waals surface area contributed by atoms with Crippen LogP contribution in [-0.4, -0.2) is 5.97 Å². The fraction of sp³-hybridized carbons (Fsp3) is 0.333. The Morgan fingerprint density at radius 2 is 2.20 bits per heavy atom. The van der Waals surface area contributed by atoms with Gasteiger partial charge in [0, 0.05) is 0 Å². The molecule has 1 aliphatic carbocycles. The molecule has 1 saturated carbocycles. The van der Waals surface area contributed by atoms with E-state index in [4.69, 9.17) is 10.00 Å². The standard InChI is InChI=1S/C12H11NO2/c13-7-10-6-11(10)12(14)15-8-9-4-2-1-3-5-9/h1-5,10-11H,6,8H2. The summed E-state index contributed by atoms with van der Waals surface area (Å²) in [6.45, 7) is 0.300. The quantitative estimate of drug-likeness (QED) is 0.701. The van der Waals surface area contributed by atoms with Crippen molar-refractivity contribution in [1.82, 2.24) is 0 Å². The average Bonchev–Trinajstić information content (AvgIpc) is 3.06. The molecule has 0 heterocycles. The molecule has 0 bridgehead atoms. The number of benzene rings is 1. The maximum Gasteiger partial charge on any atom is 0.310 e. The van der Waals surface area contributed by atoms with Crippen LogP contribution in [0.15, 0.2) is 30.3 Å². The van der Waals surface area contributed by atoms with Crippen LogP contribution < -0.4 is 0 Å². The average molecular weight is 201 g/mol. The van der Waals surface area contributed by atoms with E-state index in [0.717, 1.165) is 5.56 Å². The van der Waals surface area contributed by atoms with Crippen molar-refractivity contribution < 1.29 is 9.53 Å². The number of rotatable bonds is 3. The number of hydrogen-bond acceptors (Lipinski definition) is 3. The molecule has 3 heteroatoms. The van der Waals surface area contributed by atoms with Crippen molar-refractivity contribution in [2.24, 2.45) is 11.8 Å². The van der Waals surface area contributed by atoms with Gasteiger partial charge < -0.3 is 4.74 Å². The molecule has 0 radical (unpaired) electrons. The Balaban J connectivity index is 1.80. The normalized spacial score (nSPS) is 22.9. The molecule has 15 heavy (non-hydrogen) atoms. The van der Waals surface area contributed by atoms with Crippen LogP contribution in [0, 0.1) is 23.2 Å². The molecule has 0 N–H and O–H groups in total. The lowest BCUT2D eigenvalue weighted by atomic mass is 10.2. The topological polar surface area (TPSA) is 50.1 Å². The second-order valence-electron chi connectivity index (χ2n) is 3.67. The maximum atomic E-state index is 11.4. The third kappa shape index (κ3) is 2.35. The number of hydrogen-bond donors (Lipinski definition) is 0. The van der Waals surface area contributed by atoms with Crippen molar-refractivity contribution in [3.05, 3.63) is 35.9 Å². The van der Waals surface area contributed by atoms with E-state index in [-0.39, 0.29) is 17.8 Å². The molecule has 2 rings (SSSR count). The van der Waals surface area contributed by atoms with Gasteiger partial charge in [-0.05, 0) is 12.0 Å². The van der Waals surface area contributed by atoms with E-state index in [2.05, 4.69) is 6.07 Å². The van der Waals surface area contributed by atoms with Crippen LogP contribution >= 0.6 is 0 Å². The second kappa shape index (κ2) is 4.14. The van der Waals surface area contributed by atoms with E-state index >= 15 is 0 Å². The Kier molecular flexibility index (Phi) is 2.68. The van der Waals surface area contributed by atoms with Crippen LogP contribution in [0.3, 0.4) is 0 Å².